The average molecular weight is 493 g/mol. The highest BCUT2D eigenvalue weighted by Crippen LogP contribution is 2.40. The van der Waals surface area contributed by atoms with Crippen molar-refractivity contribution in [3.05, 3.63) is 57.4 Å². The van der Waals surface area contributed by atoms with Gasteiger partial charge in [0.25, 0.3) is 5.69 Å². The molecular weight excluding hydrogens is 470 g/mol. The van der Waals surface area contributed by atoms with Gasteiger partial charge in [0, 0.05) is 35.4 Å². The first-order chi connectivity index (χ1) is 16.2. The summed E-state index contributed by atoms with van der Waals surface area (Å²) < 4.78 is 45.4. The first-order valence-electron chi connectivity index (χ1n) is 10.6. The van der Waals surface area contributed by atoms with Gasteiger partial charge in [0.2, 0.25) is 0 Å². The highest BCUT2D eigenvalue weighted by atomic mass is 31.1. The Kier molecular flexibility index (Phi) is 6.86. The number of hydrogen-bond acceptors (Lipinski definition) is 7. The zero-order valence-corrected chi connectivity index (χ0v) is 19.5. The lowest BCUT2D eigenvalue weighted by molar-refractivity contribution is -0.385. The summed E-state index contributed by atoms with van der Waals surface area (Å²) >= 11 is 0. The number of non-ortho nitro benzene ring substituents is 1. The van der Waals surface area contributed by atoms with Crippen LogP contribution in [-0.2, 0) is 12.7 Å². The van der Waals surface area contributed by atoms with Crippen LogP contribution in [0.2, 0.25) is 0 Å². The summed E-state index contributed by atoms with van der Waals surface area (Å²) in [5, 5.41) is 19.4. The van der Waals surface area contributed by atoms with Gasteiger partial charge in [-0.25, -0.2) is 9.97 Å². The Balaban J connectivity index is 1.72. The topological polar surface area (TPSA) is 102 Å². The van der Waals surface area contributed by atoms with Crippen molar-refractivity contribution in [1.82, 2.24) is 15.3 Å². The van der Waals surface area contributed by atoms with E-state index in [2.05, 4.69) is 20.6 Å². The summed E-state index contributed by atoms with van der Waals surface area (Å²) in [6.07, 6.45) is -2.66. The van der Waals surface area contributed by atoms with E-state index in [1.165, 1.54) is 0 Å². The number of alkyl halides is 3. The number of halogens is 3. The summed E-state index contributed by atoms with van der Waals surface area (Å²) in [4.78, 5) is 19.3. The molecule has 1 aliphatic rings. The van der Waals surface area contributed by atoms with Crippen LogP contribution in [-0.4, -0.2) is 47.4 Å². The third-order valence-electron chi connectivity index (χ3n) is 5.54. The molecule has 0 aliphatic carbocycles. The number of methoxy groups -OCH3 is 1. The number of nitro benzene ring substituents is 1. The van der Waals surface area contributed by atoms with Crippen molar-refractivity contribution in [3.8, 4) is 5.75 Å². The van der Waals surface area contributed by atoms with Gasteiger partial charge in [0.15, 0.2) is 0 Å². The van der Waals surface area contributed by atoms with E-state index < -0.39 is 30.3 Å². The second kappa shape index (κ2) is 9.68. The molecule has 180 valence electrons. The van der Waals surface area contributed by atoms with Crippen LogP contribution >= 0.6 is 7.92 Å². The minimum absolute atomic E-state index is 0.0731. The molecule has 1 fully saturated rings. The minimum atomic E-state index is -4.69. The van der Waals surface area contributed by atoms with E-state index in [9.17, 15) is 23.3 Å². The third kappa shape index (κ3) is 5.20. The van der Waals surface area contributed by atoms with Crippen LogP contribution in [0.4, 0.5) is 24.7 Å². The van der Waals surface area contributed by atoms with Gasteiger partial charge in [-0.1, -0.05) is 7.92 Å². The molecule has 0 atom stereocenters. The van der Waals surface area contributed by atoms with Gasteiger partial charge in [0.05, 0.1) is 23.1 Å². The fourth-order valence-corrected chi connectivity index (χ4v) is 6.28. The van der Waals surface area contributed by atoms with Gasteiger partial charge in [-0.05, 0) is 50.0 Å². The number of fused-ring (bicyclic) bond motifs is 1. The van der Waals surface area contributed by atoms with Crippen molar-refractivity contribution >= 4 is 35.6 Å². The van der Waals surface area contributed by atoms with Crippen molar-refractivity contribution in [3.63, 3.8) is 0 Å². The number of ether oxygens (including phenoxy) is 1. The number of hydrogen-bond donors (Lipinski definition) is 2. The van der Waals surface area contributed by atoms with E-state index in [-0.39, 0.29) is 12.1 Å². The predicted octanol–water partition coefficient (Wildman–Crippen LogP) is 4.20. The SMILES string of the molecule is COc1cc2nc(C)nc(NCc3cc([N+](=O)[O-])cc(C(F)(F)F)c3)c2cc1P1CCNCC1. The summed E-state index contributed by atoms with van der Waals surface area (Å²) in [7, 11) is 1.18. The maximum Gasteiger partial charge on any atom is 0.416 e. The Labute approximate surface area is 194 Å². The molecule has 2 N–H and O–H groups in total. The van der Waals surface area contributed by atoms with Gasteiger partial charge in [-0.15, -0.1) is 0 Å². The van der Waals surface area contributed by atoms with E-state index in [1.54, 1.807) is 14.0 Å². The number of aryl methyl sites for hydroxylation is 1. The molecule has 0 amide bonds. The van der Waals surface area contributed by atoms with Crippen molar-refractivity contribution < 1.29 is 22.8 Å². The first kappa shape index (κ1) is 24.1. The highest BCUT2D eigenvalue weighted by molar-refractivity contribution is 7.66. The largest absolute Gasteiger partial charge is 0.496 e. The average Bonchev–Trinajstić information content (AvgIpc) is 2.81. The molecule has 0 radical (unpaired) electrons. The van der Waals surface area contributed by atoms with Crippen molar-refractivity contribution in [2.75, 3.05) is 37.8 Å². The Morgan fingerprint density at radius 3 is 2.56 bits per heavy atom. The molecule has 0 spiro atoms. The van der Waals surface area contributed by atoms with E-state index in [0.717, 1.165) is 54.0 Å². The molecule has 4 rings (SSSR count). The second-order valence-corrected chi connectivity index (χ2v) is 10.4. The lowest BCUT2D eigenvalue weighted by Gasteiger charge is -2.25. The number of nitrogens with one attached hydrogen (secondary N) is 2. The fraction of sp³-hybridized carbons (Fsp3) is 0.364. The smallest absolute Gasteiger partial charge is 0.416 e. The van der Waals surface area contributed by atoms with E-state index in [0.29, 0.717) is 23.2 Å². The molecule has 0 saturated carbocycles. The Morgan fingerprint density at radius 1 is 1.18 bits per heavy atom. The van der Waals surface area contributed by atoms with Gasteiger partial charge >= 0.3 is 6.18 Å². The Morgan fingerprint density at radius 2 is 1.91 bits per heavy atom. The molecule has 0 bridgehead atoms. The van der Waals surface area contributed by atoms with Crippen LogP contribution in [0, 0.1) is 17.0 Å². The maximum atomic E-state index is 13.3. The maximum absolute atomic E-state index is 13.3. The number of rotatable bonds is 6. The predicted molar refractivity (Wildman–Crippen MR) is 125 cm³/mol. The van der Waals surface area contributed by atoms with Crippen LogP contribution in [0.25, 0.3) is 10.9 Å². The molecule has 3 aromatic rings. The highest BCUT2D eigenvalue weighted by Gasteiger charge is 2.32. The third-order valence-corrected chi connectivity index (χ3v) is 8.10. The molecule has 1 saturated heterocycles. The zero-order chi connectivity index (χ0) is 24.5. The number of nitro groups is 1. The molecule has 2 heterocycles. The van der Waals surface area contributed by atoms with Gasteiger partial charge in [-0.2, -0.15) is 13.2 Å². The molecule has 12 heteroatoms. The quantitative estimate of drug-likeness (QED) is 0.302. The molecule has 0 unspecified atom stereocenters. The van der Waals surface area contributed by atoms with Crippen LogP contribution in [0.3, 0.4) is 0 Å². The standard InChI is InChI=1S/C22H23F3N5O3P/c1-13-28-18-11-19(33-2)20(34-5-3-26-4-6-34)10-17(18)21(29-13)27-12-14-7-15(22(23,24)25)9-16(8-14)30(31)32/h7-11,26H,3-6,12H2,1-2H3,(H,27,28,29). The number of nitrogens with zero attached hydrogens (tertiary/aromatic N) is 3. The lowest BCUT2D eigenvalue weighted by Crippen LogP contribution is -2.30. The van der Waals surface area contributed by atoms with Crippen LogP contribution in [0.15, 0.2) is 30.3 Å². The van der Waals surface area contributed by atoms with Crippen LogP contribution in [0.1, 0.15) is 17.0 Å². The van der Waals surface area contributed by atoms with Gasteiger partial charge < -0.3 is 15.4 Å². The molecule has 34 heavy (non-hydrogen) atoms. The van der Waals surface area contributed by atoms with Crippen LogP contribution in [0.5, 0.6) is 5.75 Å². The Hall–Kier alpha value is -3.04. The summed E-state index contributed by atoms with van der Waals surface area (Å²) in [6.45, 7) is 3.50. The Bertz CT molecular complexity index is 1230. The summed E-state index contributed by atoms with van der Waals surface area (Å²) in [6, 6.07) is 6.44. The molecule has 2 aromatic carbocycles. The lowest BCUT2D eigenvalue weighted by atomic mass is 10.1. The number of anilines is 1. The number of aromatic nitrogens is 2. The monoisotopic (exact) mass is 493 g/mol. The fourth-order valence-electron chi connectivity index (χ4n) is 3.94. The minimum Gasteiger partial charge on any atom is -0.496 e. The second-order valence-electron chi connectivity index (χ2n) is 7.89. The first-order valence-corrected chi connectivity index (χ1v) is 12.3. The summed E-state index contributed by atoms with van der Waals surface area (Å²) in [5.74, 6) is 1.70. The van der Waals surface area contributed by atoms with E-state index in [1.807, 2.05) is 12.1 Å². The van der Waals surface area contributed by atoms with Crippen molar-refractivity contribution in [2.45, 2.75) is 19.6 Å². The van der Waals surface area contributed by atoms with Crippen molar-refractivity contribution in [1.29, 1.82) is 0 Å². The van der Waals surface area contributed by atoms with E-state index >= 15 is 0 Å². The molecule has 1 aliphatic heterocycles. The zero-order valence-electron chi connectivity index (χ0n) is 18.6. The molecule has 8 nitrogen and oxygen atoms in total. The molecular formula is C22H23F3N5O3P. The normalized spacial score (nSPS) is 14.9. The van der Waals surface area contributed by atoms with Gasteiger partial charge in [-0.3, -0.25) is 10.1 Å². The van der Waals surface area contributed by atoms with Crippen molar-refractivity contribution in [2.24, 2.45) is 0 Å². The number of benzene rings is 2. The molecule has 1 aromatic heterocycles. The van der Waals surface area contributed by atoms with E-state index in [4.69, 9.17) is 4.74 Å². The van der Waals surface area contributed by atoms with Gasteiger partial charge in [0.1, 0.15) is 17.4 Å². The van der Waals surface area contributed by atoms with Crippen LogP contribution < -0.4 is 20.7 Å². The summed E-state index contributed by atoms with van der Waals surface area (Å²) in [5.41, 5.74) is -0.905.